The number of anilines is 6. The fraction of sp³-hybridized carbons (Fsp3) is 0.170. The first-order valence-corrected chi connectivity index (χ1v) is 34.9. The average molecular weight is 1300 g/mol. The first-order valence-electron chi connectivity index (χ1n) is 38.9. The summed E-state index contributed by atoms with van der Waals surface area (Å²) in [5.74, 6) is 0. The molecule has 0 saturated carbocycles. The van der Waals surface area contributed by atoms with Crippen LogP contribution in [0.5, 0.6) is 0 Å². The molecule has 13 aromatic carbocycles. The number of nitrogens with zero attached hydrogens (tertiary/aromatic N) is 4. The van der Waals surface area contributed by atoms with Crippen molar-refractivity contribution in [3.8, 4) is 44.8 Å². The lowest BCUT2D eigenvalue weighted by molar-refractivity contribution is 0.590. The topological polar surface area (TPSA) is 29.5 Å². The van der Waals surface area contributed by atoms with E-state index in [0.29, 0.717) is 22.2 Å². The van der Waals surface area contributed by atoms with E-state index in [1.54, 1.807) is 10.6 Å². The van der Waals surface area contributed by atoms with E-state index >= 15 is 0 Å². The average Bonchev–Trinajstić information content (AvgIpc) is 0.812. The number of hydrogen-bond donors (Lipinski definition) is 0. The number of rotatable bonds is 7. The maximum atomic E-state index is 9.55. The molecule has 18 rings (SSSR count). The molecule has 3 aromatic heterocycles. The third-order valence-corrected chi connectivity index (χ3v) is 21.1. The van der Waals surface area contributed by atoms with Crippen LogP contribution in [0.2, 0.25) is 0 Å². The van der Waals surface area contributed by atoms with Gasteiger partial charge in [0.05, 0.1) is 44.4 Å². The minimum atomic E-state index is -0.504. The van der Waals surface area contributed by atoms with Gasteiger partial charge in [0.2, 0.25) is 0 Å². The number of benzene rings is 13. The van der Waals surface area contributed by atoms with Crippen molar-refractivity contribution in [1.82, 2.24) is 9.13 Å². The van der Waals surface area contributed by atoms with Gasteiger partial charge in [-0.2, -0.15) is 0 Å². The predicted molar refractivity (Wildman–Crippen MR) is 428 cm³/mol. The highest BCUT2D eigenvalue weighted by Crippen LogP contribution is 2.52. The third kappa shape index (κ3) is 9.72. The van der Waals surface area contributed by atoms with Crippen molar-refractivity contribution in [2.45, 2.75) is 105 Å². The molecule has 486 valence electrons. The van der Waals surface area contributed by atoms with Crippen molar-refractivity contribution >= 4 is 123 Å². The van der Waals surface area contributed by atoms with E-state index in [9.17, 15) is 5.48 Å². The SMILES string of the molecule is [2H]c1c([2H])c([2H])c2c(c1[2H])c1c([2H])c([2H])c([2H])c([2H])c1n2-c1cccc2c1oc1c(N3c4cc(-c5cccc(C(C)(C)C)c5)ccc4B4c5ccc(-n6c7ccc(C(C)(C)C)cc7c7cc(C(C)(C)C)ccc76)cc5N(c5cc(-c6ccccc6)cc(-c6ccccc6)c5)c5cc(C(C)(C)C)cc3c54)cccc12. The number of hydrogen-bond acceptors (Lipinski definition) is 3. The summed E-state index contributed by atoms with van der Waals surface area (Å²) in [4.78, 5) is 4.96. The van der Waals surface area contributed by atoms with Crippen LogP contribution in [0.4, 0.5) is 34.1 Å². The van der Waals surface area contributed by atoms with Crippen LogP contribution in [-0.4, -0.2) is 15.8 Å². The van der Waals surface area contributed by atoms with Crippen LogP contribution in [0.15, 0.2) is 277 Å². The molecule has 0 unspecified atom stereocenters. The molecule has 5 heterocycles. The van der Waals surface area contributed by atoms with E-state index < -0.39 is 41.7 Å². The smallest absolute Gasteiger partial charge is 0.252 e. The van der Waals surface area contributed by atoms with Gasteiger partial charge in [-0.3, -0.25) is 0 Å². The second-order valence-electron chi connectivity index (χ2n) is 31.6. The quantitative estimate of drug-likeness (QED) is 0.149. The molecule has 0 spiro atoms. The van der Waals surface area contributed by atoms with E-state index in [2.05, 4.69) is 298 Å². The summed E-state index contributed by atoms with van der Waals surface area (Å²) < 4.78 is 85.2. The van der Waals surface area contributed by atoms with E-state index in [1.165, 1.54) is 27.5 Å². The molecule has 0 saturated heterocycles. The van der Waals surface area contributed by atoms with E-state index in [4.69, 9.17) is 9.90 Å². The summed E-state index contributed by atoms with van der Waals surface area (Å²) in [7, 11) is 0. The minimum absolute atomic E-state index is 0.00494. The Labute approximate surface area is 598 Å². The maximum Gasteiger partial charge on any atom is 0.252 e. The van der Waals surface area contributed by atoms with Crippen LogP contribution in [0.3, 0.4) is 0 Å². The van der Waals surface area contributed by atoms with Gasteiger partial charge in [0, 0.05) is 66.4 Å². The predicted octanol–water partition coefficient (Wildman–Crippen LogP) is 24.1. The maximum absolute atomic E-state index is 9.55. The second kappa shape index (κ2) is 22.2. The van der Waals surface area contributed by atoms with Crippen molar-refractivity contribution in [1.29, 1.82) is 0 Å². The summed E-state index contributed by atoms with van der Waals surface area (Å²) in [6.07, 6.45) is 0. The van der Waals surface area contributed by atoms with Gasteiger partial charge in [-0.15, -0.1) is 0 Å². The van der Waals surface area contributed by atoms with Crippen molar-refractivity contribution in [2.75, 3.05) is 9.80 Å². The largest absolute Gasteiger partial charge is 0.452 e. The molecule has 0 amide bonds. The van der Waals surface area contributed by atoms with Gasteiger partial charge in [0.25, 0.3) is 6.71 Å². The van der Waals surface area contributed by atoms with Crippen LogP contribution in [0.25, 0.3) is 110 Å². The Morgan fingerprint density at radius 1 is 0.290 bits per heavy atom. The van der Waals surface area contributed by atoms with Crippen LogP contribution in [0, 0.1) is 0 Å². The molecule has 2 aliphatic heterocycles. The molecule has 16 aromatic rings. The molecule has 0 bridgehead atoms. The van der Waals surface area contributed by atoms with Gasteiger partial charge < -0.3 is 23.4 Å². The summed E-state index contributed by atoms with van der Waals surface area (Å²) in [5.41, 5.74) is 24.3. The highest BCUT2D eigenvalue weighted by Gasteiger charge is 2.45. The summed E-state index contributed by atoms with van der Waals surface area (Å²) >= 11 is 0. The normalized spacial score (nSPS) is 14.5. The van der Waals surface area contributed by atoms with Crippen molar-refractivity contribution in [2.24, 2.45) is 0 Å². The van der Waals surface area contributed by atoms with E-state index in [1.807, 2.05) is 18.2 Å². The molecule has 5 nitrogen and oxygen atoms in total. The van der Waals surface area contributed by atoms with Crippen molar-refractivity contribution in [3.63, 3.8) is 0 Å². The minimum Gasteiger partial charge on any atom is -0.452 e. The van der Waals surface area contributed by atoms with E-state index in [0.717, 1.165) is 112 Å². The van der Waals surface area contributed by atoms with Crippen LogP contribution in [-0.2, 0) is 21.7 Å². The third-order valence-electron chi connectivity index (χ3n) is 21.1. The zero-order valence-corrected chi connectivity index (χ0v) is 58.6. The standard InChI is InChI=1S/C94H81BN4O/c1-91(2,3)64-31-23-30-60(49-64)61-40-44-76-84(52-61)99(83-39-25-35-73-72-34-24-38-82(89(72)100-90(73)83)98-78-36-21-19-32-70(78)71-33-20-22-37-79(71)98)87-56-67(94(10,11)12)55-86-88(87)95(76)77-45-43-68(96-80-46-41-65(92(4,5)6)53-74(80)75-54-66(93(7,8)9)42-47-81(75)96)57-85(77)97(86)69-50-62(58-26-15-13-16-27-58)48-63(51-69)59-28-17-14-18-29-59/h13-57H,1-12H3/i19D,20D,21D,22D,32D,33D,36D,37D. The van der Waals surface area contributed by atoms with Gasteiger partial charge >= 0.3 is 0 Å². The first kappa shape index (κ1) is 53.0. The fourth-order valence-electron chi connectivity index (χ4n) is 15.8. The Morgan fingerprint density at radius 3 is 1.34 bits per heavy atom. The molecule has 0 N–H and O–H groups in total. The zero-order chi connectivity index (χ0) is 75.4. The number of furan rings is 1. The Balaban J connectivity index is 0.959. The van der Waals surface area contributed by atoms with E-state index in [-0.39, 0.29) is 56.8 Å². The molecule has 0 atom stereocenters. The monoisotopic (exact) mass is 1300 g/mol. The lowest BCUT2D eigenvalue weighted by Gasteiger charge is -2.45. The number of para-hydroxylation sites is 4. The van der Waals surface area contributed by atoms with Crippen molar-refractivity contribution in [3.05, 3.63) is 295 Å². The molecule has 0 radical (unpaired) electrons. The lowest BCUT2D eigenvalue weighted by Crippen LogP contribution is -2.61. The Hall–Kier alpha value is -11.1. The van der Waals surface area contributed by atoms with Crippen molar-refractivity contribution < 1.29 is 15.4 Å². The summed E-state index contributed by atoms with van der Waals surface area (Å²) in [6, 6.07) is 78.8. The van der Waals surface area contributed by atoms with Gasteiger partial charge in [0.1, 0.15) is 0 Å². The first-order chi connectivity index (χ1) is 51.4. The highest BCUT2D eigenvalue weighted by atomic mass is 16.3. The lowest BCUT2D eigenvalue weighted by atomic mass is 9.33. The number of fused-ring (bicyclic) bond motifs is 13. The molecular formula is C94H81BN4O. The number of aromatic nitrogens is 2. The molecule has 0 fully saturated rings. The van der Waals surface area contributed by atoms with Gasteiger partial charge in [0.15, 0.2) is 11.2 Å². The zero-order valence-electron chi connectivity index (χ0n) is 66.6. The molecule has 6 heteroatoms. The molecule has 0 aliphatic carbocycles. The van der Waals surface area contributed by atoms with Crippen LogP contribution < -0.4 is 26.2 Å². The fourth-order valence-corrected chi connectivity index (χ4v) is 15.8. The second-order valence-corrected chi connectivity index (χ2v) is 31.6. The summed E-state index contributed by atoms with van der Waals surface area (Å²) in [6.45, 7) is 27.1. The summed E-state index contributed by atoms with van der Waals surface area (Å²) in [5, 5.41) is 3.89. The van der Waals surface area contributed by atoms with Crippen LogP contribution in [0.1, 0.15) is 116 Å². The Morgan fingerprint density at radius 2 is 0.770 bits per heavy atom. The Kier molecular flexibility index (Phi) is 11.8. The molecule has 2 aliphatic rings. The van der Waals surface area contributed by atoms with Gasteiger partial charge in [-0.25, -0.2) is 0 Å². The molecular weight excluding hydrogens is 1210 g/mol. The van der Waals surface area contributed by atoms with Crippen LogP contribution >= 0.6 is 0 Å². The highest BCUT2D eigenvalue weighted by molar-refractivity contribution is 7.00. The van der Waals surface area contributed by atoms with Gasteiger partial charge in [-0.05, 0) is 191 Å². The van der Waals surface area contributed by atoms with Gasteiger partial charge in [-0.1, -0.05) is 259 Å². The Bertz CT molecular complexity index is 6340. The molecule has 100 heavy (non-hydrogen) atoms.